The van der Waals surface area contributed by atoms with Crippen molar-refractivity contribution < 1.29 is 9.53 Å². The van der Waals surface area contributed by atoms with Crippen LogP contribution in [0, 0.1) is 0 Å². The minimum absolute atomic E-state index is 0.0637. The highest BCUT2D eigenvalue weighted by Crippen LogP contribution is 2.31. The summed E-state index contributed by atoms with van der Waals surface area (Å²) in [6.07, 6.45) is 6.69. The Labute approximate surface area is 184 Å². The number of carbonyl (C=O) groups excluding carboxylic acids is 1. The van der Waals surface area contributed by atoms with E-state index in [9.17, 15) is 4.79 Å². The SMILES string of the molecule is CN=C(NCCc1ccc(OC2CCCC2)cc1)NCC1CC(=O)Nc2ccccc21. The van der Waals surface area contributed by atoms with Gasteiger partial charge < -0.3 is 20.7 Å². The number of aliphatic imine (C=N–C) groups is 1. The Morgan fingerprint density at radius 2 is 1.87 bits per heavy atom. The summed E-state index contributed by atoms with van der Waals surface area (Å²) in [6.45, 7) is 1.45. The number of hydrogen-bond acceptors (Lipinski definition) is 3. The van der Waals surface area contributed by atoms with Crippen LogP contribution in [0.4, 0.5) is 5.69 Å². The van der Waals surface area contributed by atoms with Gasteiger partial charge in [-0.05, 0) is 61.4 Å². The van der Waals surface area contributed by atoms with Gasteiger partial charge in [0.1, 0.15) is 5.75 Å². The van der Waals surface area contributed by atoms with E-state index in [-0.39, 0.29) is 11.8 Å². The smallest absolute Gasteiger partial charge is 0.225 e. The number of rotatable bonds is 7. The van der Waals surface area contributed by atoms with Crippen molar-refractivity contribution in [1.82, 2.24) is 10.6 Å². The molecule has 0 radical (unpaired) electrons. The Morgan fingerprint density at radius 1 is 1.10 bits per heavy atom. The normalized spacial score (nSPS) is 18.9. The summed E-state index contributed by atoms with van der Waals surface area (Å²) in [5.41, 5.74) is 3.35. The average Bonchev–Trinajstić information content (AvgIpc) is 3.30. The molecule has 4 rings (SSSR count). The maximum absolute atomic E-state index is 12.0. The fourth-order valence-electron chi connectivity index (χ4n) is 4.38. The molecule has 0 aromatic heterocycles. The van der Waals surface area contributed by atoms with Crippen LogP contribution < -0.4 is 20.7 Å². The molecule has 1 aliphatic heterocycles. The van der Waals surface area contributed by atoms with Gasteiger partial charge >= 0.3 is 0 Å². The average molecular weight is 421 g/mol. The van der Waals surface area contributed by atoms with Crippen molar-refractivity contribution in [3.8, 4) is 5.75 Å². The van der Waals surface area contributed by atoms with Crippen LogP contribution in [0.5, 0.6) is 5.75 Å². The van der Waals surface area contributed by atoms with Crippen LogP contribution >= 0.6 is 0 Å². The molecule has 3 N–H and O–H groups in total. The lowest BCUT2D eigenvalue weighted by atomic mass is 9.90. The number of guanidine groups is 1. The zero-order valence-electron chi connectivity index (χ0n) is 18.2. The molecule has 0 saturated heterocycles. The van der Waals surface area contributed by atoms with Crippen molar-refractivity contribution in [2.45, 2.75) is 50.5 Å². The first-order chi connectivity index (χ1) is 15.2. The molecule has 1 saturated carbocycles. The molecule has 2 aromatic carbocycles. The van der Waals surface area contributed by atoms with Gasteiger partial charge in [-0.3, -0.25) is 9.79 Å². The number of ether oxygens (including phenoxy) is 1. The number of hydrogen-bond donors (Lipinski definition) is 3. The van der Waals surface area contributed by atoms with E-state index in [0.717, 1.165) is 30.4 Å². The summed E-state index contributed by atoms with van der Waals surface area (Å²) in [7, 11) is 1.77. The van der Waals surface area contributed by atoms with Gasteiger partial charge in [-0.1, -0.05) is 30.3 Å². The second kappa shape index (κ2) is 10.3. The zero-order valence-corrected chi connectivity index (χ0v) is 18.2. The number of fused-ring (bicyclic) bond motifs is 1. The standard InChI is InChI=1S/C25H32N4O2/c1-26-25(28-17-19-16-24(30)29-23-9-5-4-8-22(19)23)27-15-14-18-10-12-21(13-11-18)31-20-6-2-3-7-20/h4-5,8-13,19-20H,2-3,6-7,14-17H2,1H3,(H,29,30)(H2,26,27,28). The summed E-state index contributed by atoms with van der Waals surface area (Å²) in [5.74, 6) is 1.92. The minimum atomic E-state index is 0.0637. The van der Waals surface area contributed by atoms with Crippen molar-refractivity contribution in [3.63, 3.8) is 0 Å². The maximum Gasteiger partial charge on any atom is 0.225 e. The summed E-state index contributed by atoms with van der Waals surface area (Å²) < 4.78 is 6.04. The highest BCUT2D eigenvalue weighted by molar-refractivity contribution is 5.94. The van der Waals surface area contributed by atoms with E-state index in [1.807, 2.05) is 18.2 Å². The molecule has 1 amide bonds. The molecular weight excluding hydrogens is 388 g/mol. The van der Waals surface area contributed by atoms with Gasteiger partial charge in [-0.2, -0.15) is 0 Å². The Balaban J connectivity index is 1.22. The second-order valence-corrected chi connectivity index (χ2v) is 8.33. The van der Waals surface area contributed by atoms with Crippen LogP contribution in [0.25, 0.3) is 0 Å². The molecule has 0 spiro atoms. The van der Waals surface area contributed by atoms with Gasteiger partial charge in [-0.15, -0.1) is 0 Å². The molecule has 1 aliphatic carbocycles. The monoisotopic (exact) mass is 420 g/mol. The third kappa shape index (κ3) is 5.78. The molecule has 1 heterocycles. The first-order valence-corrected chi connectivity index (χ1v) is 11.3. The molecular formula is C25H32N4O2. The first-order valence-electron chi connectivity index (χ1n) is 11.3. The van der Waals surface area contributed by atoms with Gasteiger partial charge in [0, 0.05) is 38.2 Å². The van der Waals surface area contributed by atoms with E-state index in [2.05, 4.69) is 51.3 Å². The molecule has 1 unspecified atom stereocenters. The summed E-state index contributed by atoms with van der Waals surface area (Å²) in [5, 5.41) is 9.69. The van der Waals surface area contributed by atoms with Gasteiger partial charge in [0.15, 0.2) is 5.96 Å². The van der Waals surface area contributed by atoms with E-state index >= 15 is 0 Å². The highest BCUT2D eigenvalue weighted by atomic mass is 16.5. The van der Waals surface area contributed by atoms with Crippen LogP contribution in [0.1, 0.15) is 49.1 Å². The van der Waals surface area contributed by atoms with Crippen molar-refractivity contribution in [3.05, 3.63) is 59.7 Å². The number of para-hydroxylation sites is 1. The Hall–Kier alpha value is -3.02. The van der Waals surface area contributed by atoms with Crippen LogP contribution in [0.3, 0.4) is 0 Å². The van der Waals surface area contributed by atoms with Crippen LogP contribution in [-0.4, -0.2) is 38.1 Å². The maximum atomic E-state index is 12.0. The Kier molecular flexibility index (Phi) is 7.07. The molecule has 31 heavy (non-hydrogen) atoms. The van der Waals surface area contributed by atoms with Crippen molar-refractivity contribution in [2.75, 3.05) is 25.5 Å². The minimum Gasteiger partial charge on any atom is -0.490 e. The number of nitrogens with zero attached hydrogens (tertiary/aromatic N) is 1. The van der Waals surface area contributed by atoms with Crippen molar-refractivity contribution in [1.29, 1.82) is 0 Å². The fraction of sp³-hybridized carbons (Fsp3) is 0.440. The predicted octanol–water partition coefficient (Wildman–Crippen LogP) is 3.84. The molecule has 2 aromatic rings. The largest absolute Gasteiger partial charge is 0.490 e. The highest BCUT2D eigenvalue weighted by Gasteiger charge is 2.24. The van der Waals surface area contributed by atoms with Crippen LogP contribution in [-0.2, 0) is 11.2 Å². The van der Waals surface area contributed by atoms with E-state index in [4.69, 9.17) is 4.74 Å². The molecule has 6 heteroatoms. The lowest BCUT2D eigenvalue weighted by molar-refractivity contribution is -0.116. The summed E-state index contributed by atoms with van der Waals surface area (Å²) in [4.78, 5) is 16.3. The van der Waals surface area contributed by atoms with Crippen LogP contribution in [0.2, 0.25) is 0 Å². The molecule has 0 bridgehead atoms. The molecule has 6 nitrogen and oxygen atoms in total. The Bertz CT molecular complexity index is 904. The number of benzene rings is 2. The van der Waals surface area contributed by atoms with E-state index in [1.165, 1.54) is 36.8 Å². The summed E-state index contributed by atoms with van der Waals surface area (Å²) in [6, 6.07) is 16.4. The molecule has 164 valence electrons. The quantitative estimate of drug-likeness (QED) is 0.470. The van der Waals surface area contributed by atoms with Crippen molar-refractivity contribution in [2.24, 2.45) is 4.99 Å². The lowest BCUT2D eigenvalue weighted by Gasteiger charge is -2.26. The lowest BCUT2D eigenvalue weighted by Crippen LogP contribution is -2.41. The molecule has 2 aliphatic rings. The van der Waals surface area contributed by atoms with Crippen molar-refractivity contribution >= 4 is 17.6 Å². The van der Waals surface area contributed by atoms with Gasteiger partial charge in [0.2, 0.25) is 5.91 Å². The summed E-state index contributed by atoms with van der Waals surface area (Å²) >= 11 is 0. The number of amides is 1. The van der Waals surface area contributed by atoms with E-state index < -0.39 is 0 Å². The van der Waals surface area contributed by atoms with Crippen LogP contribution in [0.15, 0.2) is 53.5 Å². The predicted molar refractivity (Wildman–Crippen MR) is 125 cm³/mol. The van der Waals surface area contributed by atoms with Gasteiger partial charge in [-0.25, -0.2) is 0 Å². The fourth-order valence-corrected chi connectivity index (χ4v) is 4.38. The third-order valence-corrected chi connectivity index (χ3v) is 6.08. The van der Waals surface area contributed by atoms with E-state index in [0.29, 0.717) is 19.1 Å². The number of nitrogens with one attached hydrogen (secondary N) is 3. The Morgan fingerprint density at radius 3 is 2.65 bits per heavy atom. The topological polar surface area (TPSA) is 74.8 Å². The second-order valence-electron chi connectivity index (χ2n) is 8.33. The molecule has 1 atom stereocenters. The van der Waals surface area contributed by atoms with Gasteiger partial charge in [0.05, 0.1) is 6.10 Å². The zero-order chi connectivity index (χ0) is 21.5. The first kappa shape index (κ1) is 21.2. The number of carbonyl (C=O) groups is 1. The van der Waals surface area contributed by atoms with Gasteiger partial charge in [0.25, 0.3) is 0 Å². The molecule has 1 fully saturated rings. The van der Waals surface area contributed by atoms with E-state index in [1.54, 1.807) is 7.05 Å². The third-order valence-electron chi connectivity index (χ3n) is 6.08. The number of anilines is 1.